The van der Waals surface area contributed by atoms with Crippen LogP contribution in [-0.2, 0) is 4.74 Å². The molecule has 1 aromatic carbocycles. The maximum absolute atomic E-state index is 6.11. The smallest absolute Gasteiger partial charge is 0.0953 e. The average Bonchev–Trinajstić information content (AvgIpc) is 2.50. The first-order valence-electron chi connectivity index (χ1n) is 8.04. The highest BCUT2D eigenvalue weighted by Crippen LogP contribution is 2.27. The Kier molecular flexibility index (Phi) is 6.97. The zero-order valence-corrected chi connectivity index (χ0v) is 14.7. The average molecular weight is 345 g/mol. The summed E-state index contributed by atoms with van der Waals surface area (Å²) >= 11 is 6.11. The quantitative estimate of drug-likeness (QED) is 0.907. The molecule has 5 heteroatoms. The monoisotopic (exact) mass is 344 g/mol. The minimum Gasteiger partial charge on any atom is -0.371 e. The van der Waals surface area contributed by atoms with E-state index < -0.39 is 0 Å². The molecule has 2 aliphatic heterocycles. The van der Waals surface area contributed by atoms with Gasteiger partial charge in [0.15, 0.2) is 0 Å². The number of rotatable bonds is 3. The van der Waals surface area contributed by atoms with Gasteiger partial charge in [-0.25, -0.2) is 0 Å². The van der Waals surface area contributed by atoms with E-state index in [1.165, 1.54) is 31.5 Å². The van der Waals surface area contributed by atoms with E-state index in [0.29, 0.717) is 6.04 Å². The van der Waals surface area contributed by atoms with Gasteiger partial charge in [0.05, 0.1) is 12.7 Å². The second-order valence-electron chi connectivity index (χ2n) is 6.39. The van der Waals surface area contributed by atoms with Gasteiger partial charge in [-0.15, -0.1) is 12.4 Å². The maximum atomic E-state index is 6.11. The zero-order valence-electron chi connectivity index (χ0n) is 13.1. The summed E-state index contributed by atoms with van der Waals surface area (Å²) in [6.45, 7) is 7.56. The van der Waals surface area contributed by atoms with Gasteiger partial charge in [-0.1, -0.05) is 23.7 Å². The lowest BCUT2D eigenvalue weighted by Crippen LogP contribution is -2.48. The fraction of sp³-hybridized carbons (Fsp3) is 0.647. The van der Waals surface area contributed by atoms with Gasteiger partial charge < -0.3 is 10.1 Å². The van der Waals surface area contributed by atoms with Crippen LogP contribution in [0.5, 0.6) is 0 Å². The molecule has 3 atom stereocenters. The highest BCUT2D eigenvalue weighted by molar-refractivity contribution is 6.30. The van der Waals surface area contributed by atoms with Gasteiger partial charge in [0.1, 0.15) is 0 Å². The summed E-state index contributed by atoms with van der Waals surface area (Å²) in [5.74, 6) is 0.777. The van der Waals surface area contributed by atoms with Crippen molar-refractivity contribution in [1.82, 2.24) is 10.2 Å². The molecule has 0 aromatic heterocycles. The summed E-state index contributed by atoms with van der Waals surface area (Å²) in [6.07, 6.45) is 2.80. The number of nitrogens with zero attached hydrogens (tertiary/aromatic N) is 1. The molecule has 1 N–H and O–H groups in total. The fourth-order valence-corrected chi connectivity index (χ4v) is 3.58. The van der Waals surface area contributed by atoms with E-state index in [9.17, 15) is 0 Å². The van der Waals surface area contributed by atoms with Gasteiger partial charge in [-0.3, -0.25) is 4.90 Å². The fourth-order valence-electron chi connectivity index (χ4n) is 3.38. The van der Waals surface area contributed by atoms with Crippen molar-refractivity contribution in [2.45, 2.75) is 31.9 Å². The van der Waals surface area contributed by atoms with Crippen molar-refractivity contribution < 1.29 is 4.74 Å². The van der Waals surface area contributed by atoms with Crippen molar-refractivity contribution in [2.75, 3.05) is 32.8 Å². The predicted molar refractivity (Wildman–Crippen MR) is 94.0 cm³/mol. The van der Waals surface area contributed by atoms with Crippen molar-refractivity contribution in [2.24, 2.45) is 5.92 Å². The lowest BCUT2D eigenvalue weighted by atomic mass is 9.97. The molecule has 3 unspecified atom stereocenters. The number of benzene rings is 1. The van der Waals surface area contributed by atoms with Crippen LogP contribution in [0.4, 0.5) is 0 Å². The lowest BCUT2D eigenvalue weighted by molar-refractivity contribution is -0.0653. The molecule has 0 bridgehead atoms. The van der Waals surface area contributed by atoms with E-state index in [0.717, 1.165) is 30.6 Å². The number of piperidine rings is 1. The molecular formula is C17H26Cl2N2O. The minimum absolute atomic E-state index is 0. The molecule has 2 heterocycles. The van der Waals surface area contributed by atoms with Crippen LogP contribution >= 0.6 is 24.0 Å². The van der Waals surface area contributed by atoms with Crippen molar-refractivity contribution >= 4 is 24.0 Å². The largest absolute Gasteiger partial charge is 0.371 e. The SMILES string of the molecule is CC1COC(c2cccc(Cl)c2)CN1CC1CCCNC1.Cl. The molecule has 2 aliphatic rings. The summed E-state index contributed by atoms with van der Waals surface area (Å²) < 4.78 is 6.03. The third-order valence-corrected chi connectivity index (χ3v) is 4.91. The molecule has 124 valence electrons. The Bertz CT molecular complexity index is 466. The van der Waals surface area contributed by atoms with E-state index in [-0.39, 0.29) is 18.5 Å². The Labute approximate surface area is 144 Å². The first kappa shape index (κ1) is 18.0. The molecule has 0 amide bonds. The van der Waals surface area contributed by atoms with E-state index in [1.807, 2.05) is 18.2 Å². The number of hydrogen-bond donors (Lipinski definition) is 1. The van der Waals surface area contributed by atoms with Gasteiger partial charge in [0.25, 0.3) is 0 Å². The summed E-state index contributed by atoms with van der Waals surface area (Å²) in [7, 11) is 0. The van der Waals surface area contributed by atoms with E-state index in [2.05, 4.69) is 23.2 Å². The molecule has 0 aliphatic carbocycles. The zero-order chi connectivity index (χ0) is 14.7. The number of ether oxygens (including phenoxy) is 1. The second kappa shape index (κ2) is 8.51. The first-order chi connectivity index (χ1) is 10.2. The van der Waals surface area contributed by atoms with Crippen molar-refractivity contribution in [1.29, 1.82) is 0 Å². The molecular weight excluding hydrogens is 319 g/mol. The molecule has 3 nitrogen and oxygen atoms in total. The van der Waals surface area contributed by atoms with Crippen LogP contribution in [0.3, 0.4) is 0 Å². The van der Waals surface area contributed by atoms with Crippen LogP contribution in [0.2, 0.25) is 5.02 Å². The standard InChI is InChI=1S/C17H25ClN2O.ClH/c1-13-12-21-17(15-5-2-6-16(18)8-15)11-20(13)10-14-4-3-7-19-9-14;/h2,5-6,8,13-14,17,19H,3-4,7,9-12H2,1H3;1H. The second-order valence-corrected chi connectivity index (χ2v) is 6.83. The van der Waals surface area contributed by atoms with Gasteiger partial charge in [0.2, 0.25) is 0 Å². The van der Waals surface area contributed by atoms with Gasteiger partial charge >= 0.3 is 0 Å². The summed E-state index contributed by atoms with van der Waals surface area (Å²) in [6, 6.07) is 8.58. The van der Waals surface area contributed by atoms with E-state index >= 15 is 0 Å². The molecule has 3 rings (SSSR count). The highest BCUT2D eigenvalue weighted by atomic mass is 35.5. The van der Waals surface area contributed by atoms with Crippen LogP contribution in [-0.4, -0.2) is 43.7 Å². The Morgan fingerprint density at radius 1 is 1.41 bits per heavy atom. The van der Waals surface area contributed by atoms with Crippen molar-refractivity contribution in [3.63, 3.8) is 0 Å². The topological polar surface area (TPSA) is 24.5 Å². The van der Waals surface area contributed by atoms with E-state index in [4.69, 9.17) is 16.3 Å². The first-order valence-corrected chi connectivity index (χ1v) is 8.42. The van der Waals surface area contributed by atoms with Crippen LogP contribution in [0, 0.1) is 5.92 Å². The summed E-state index contributed by atoms with van der Waals surface area (Å²) in [5, 5.41) is 4.30. The Balaban J connectivity index is 0.00000176. The summed E-state index contributed by atoms with van der Waals surface area (Å²) in [4.78, 5) is 2.59. The third kappa shape index (κ3) is 4.59. The third-order valence-electron chi connectivity index (χ3n) is 4.67. The maximum Gasteiger partial charge on any atom is 0.0953 e. The van der Waals surface area contributed by atoms with Crippen molar-refractivity contribution in [3.8, 4) is 0 Å². The Morgan fingerprint density at radius 2 is 2.27 bits per heavy atom. The van der Waals surface area contributed by atoms with E-state index in [1.54, 1.807) is 0 Å². The number of halogens is 2. The lowest BCUT2D eigenvalue weighted by Gasteiger charge is -2.40. The van der Waals surface area contributed by atoms with Crippen molar-refractivity contribution in [3.05, 3.63) is 34.9 Å². The predicted octanol–water partition coefficient (Wildman–Crippen LogP) is 3.52. The molecule has 1 aromatic rings. The number of nitrogens with one attached hydrogen (secondary N) is 1. The molecule has 0 radical (unpaired) electrons. The number of morpholine rings is 1. The normalized spacial score (nSPS) is 29.8. The van der Waals surface area contributed by atoms with Crippen LogP contribution in [0.15, 0.2) is 24.3 Å². The van der Waals surface area contributed by atoms with Crippen LogP contribution < -0.4 is 5.32 Å². The summed E-state index contributed by atoms with van der Waals surface area (Å²) in [5.41, 5.74) is 1.20. The highest BCUT2D eigenvalue weighted by Gasteiger charge is 2.29. The molecule has 22 heavy (non-hydrogen) atoms. The Hall–Kier alpha value is -0.320. The minimum atomic E-state index is 0. The molecule has 0 saturated carbocycles. The van der Waals surface area contributed by atoms with Gasteiger partial charge in [0, 0.05) is 24.2 Å². The van der Waals surface area contributed by atoms with Gasteiger partial charge in [-0.05, 0) is 56.5 Å². The molecule has 2 fully saturated rings. The Morgan fingerprint density at radius 3 is 3.00 bits per heavy atom. The molecule has 2 saturated heterocycles. The number of hydrogen-bond acceptors (Lipinski definition) is 3. The van der Waals surface area contributed by atoms with Gasteiger partial charge in [-0.2, -0.15) is 0 Å². The van der Waals surface area contributed by atoms with Crippen LogP contribution in [0.25, 0.3) is 0 Å². The molecule has 0 spiro atoms. The van der Waals surface area contributed by atoms with Crippen LogP contribution in [0.1, 0.15) is 31.4 Å².